The van der Waals surface area contributed by atoms with Crippen LogP contribution in [-0.4, -0.2) is 31.5 Å². The molecular weight excluding hydrogens is 463 g/mol. The third-order valence-electron chi connectivity index (χ3n) is 4.18. The zero-order valence-electron chi connectivity index (χ0n) is 17.3. The molecule has 11 heteroatoms. The molecule has 0 aliphatic carbocycles. The van der Waals surface area contributed by atoms with Crippen molar-refractivity contribution in [1.29, 1.82) is 0 Å². The normalized spacial score (nSPS) is 12.2. The lowest BCUT2D eigenvalue weighted by Crippen LogP contribution is -2.30. The van der Waals surface area contributed by atoms with Crippen LogP contribution >= 0.6 is 11.8 Å². The molecule has 0 unspecified atom stereocenters. The summed E-state index contributed by atoms with van der Waals surface area (Å²) >= 11 is 1.13. The summed E-state index contributed by atoms with van der Waals surface area (Å²) < 4.78 is 71.7. The lowest BCUT2D eigenvalue weighted by atomic mass is 10.1. The average molecular weight is 484 g/mol. The van der Waals surface area contributed by atoms with Gasteiger partial charge in [-0.2, -0.15) is 13.2 Å². The van der Waals surface area contributed by atoms with E-state index in [1.165, 1.54) is 43.8 Å². The number of hydrogen-bond donors (Lipinski definition) is 1. The molecule has 170 valence electrons. The lowest BCUT2D eigenvalue weighted by molar-refractivity contribution is -0.137. The van der Waals surface area contributed by atoms with E-state index < -0.39 is 21.8 Å². The molecule has 0 saturated carbocycles. The van der Waals surface area contributed by atoms with Gasteiger partial charge in [0.05, 0.1) is 12.7 Å². The number of ether oxygens (including phenoxy) is 1. The second-order valence-electron chi connectivity index (χ2n) is 6.98. The molecule has 1 heterocycles. The molecule has 0 atom stereocenters. The van der Waals surface area contributed by atoms with Crippen molar-refractivity contribution >= 4 is 21.8 Å². The Morgan fingerprint density at radius 1 is 1.03 bits per heavy atom. The van der Waals surface area contributed by atoms with Crippen molar-refractivity contribution in [2.75, 3.05) is 7.11 Å². The highest BCUT2D eigenvalue weighted by Gasteiger charge is 2.30. The Bertz CT molecular complexity index is 1200. The van der Waals surface area contributed by atoms with Crippen LogP contribution in [0.3, 0.4) is 0 Å². The maximum absolute atomic E-state index is 12.8. The van der Waals surface area contributed by atoms with Crippen molar-refractivity contribution < 1.29 is 26.3 Å². The van der Waals surface area contributed by atoms with Crippen molar-refractivity contribution in [3.05, 3.63) is 60.4 Å². The second kappa shape index (κ2) is 9.47. The Kier molecular flexibility index (Phi) is 7.11. The molecule has 1 N–H and O–H groups in total. The molecule has 0 aliphatic heterocycles. The Balaban J connectivity index is 2.01. The number of hydrogen-bond acceptors (Lipinski definition) is 6. The summed E-state index contributed by atoms with van der Waals surface area (Å²) in [7, 11) is -2.49. The van der Waals surface area contributed by atoms with Crippen molar-refractivity contribution in [2.45, 2.75) is 40.9 Å². The minimum absolute atomic E-state index is 0.0534. The standard InChI is InChI=1S/C21H20F3N3O3S2/c1-13(2)27-32(28,29)18-12-14(4-9-17(18)30-3)19-20(26-11-10-25-19)31-16-7-5-15(6-8-16)21(22,23)24/h4-13,27H,1-3H3. The van der Waals surface area contributed by atoms with Gasteiger partial charge < -0.3 is 4.74 Å². The summed E-state index contributed by atoms with van der Waals surface area (Å²) in [5.41, 5.74) is 0.113. The highest BCUT2D eigenvalue weighted by atomic mass is 32.2. The minimum Gasteiger partial charge on any atom is -0.495 e. The molecule has 0 fully saturated rings. The largest absolute Gasteiger partial charge is 0.495 e. The fourth-order valence-corrected chi connectivity index (χ4v) is 5.15. The third-order valence-corrected chi connectivity index (χ3v) is 6.86. The van der Waals surface area contributed by atoms with Gasteiger partial charge in [-0.05, 0) is 56.3 Å². The Morgan fingerprint density at radius 2 is 1.69 bits per heavy atom. The molecule has 0 bridgehead atoms. The van der Waals surface area contributed by atoms with Crippen LogP contribution in [0.15, 0.2) is 69.7 Å². The number of methoxy groups -OCH3 is 1. The highest BCUT2D eigenvalue weighted by molar-refractivity contribution is 7.99. The molecule has 0 aliphatic rings. The Morgan fingerprint density at radius 3 is 2.28 bits per heavy atom. The number of nitrogens with one attached hydrogen (secondary N) is 1. The Hall–Kier alpha value is -2.63. The van der Waals surface area contributed by atoms with E-state index in [1.54, 1.807) is 19.9 Å². The first kappa shape index (κ1) is 24.0. The maximum atomic E-state index is 12.8. The van der Waals surface area contributed by atoms with Crippen LogP contribution in [0.4, 0.5) is 13.2 Å². The molecule has 3 rings (SSSR count). The Labute approximate surface area is 188 Å². The van der Waals surface area contributed by atoms with Crippen molar-refractivity contribution in [3.8, 4) is 17.0 Å². The van der Waals surface area contributed by atoms with Crippen molar-refractivity contribution in [2.24, 2.45) is 0 Å². The van der Waals surface area contributed by atoms with Gasteiger partial charge in [-0.1, -0.05) is 11.8 Å². The van der Waals surface area contributed by atoms with Crippen LogP contribution in [-0.2, 0) is 16.2 Å². The topological polar surface area (TPSA) is 81.2 Å². The van der Waals surface area contributed by atoms with E-state index in [-0.39, 0.29) is 16.7 Å². The molecular formula is C21H20F3N3O3S2. The summed E-state index contributed by atoms with van der Waals surface area (Å²) in [5.74, 6) is 0.169. The molecule has 2 aromatic carbocycles. The van der Waals surface area contributed by atoms with E-state index in [4.69, 9.17) is 4.74 Å². The van der Waals surface area contributed by atoms with Gasteiger partial charge in [0.1, 0.15) is 21.4 Å². The molecule has 0 saturated heterocycles. The van der Waals surface area contributed by atoms with Crippen LogP contribution < -0.4 is 9.46 Å². The molecule has 0 spiro atoms. The van der Waals surface area contributed by atoms with Crippen molar-refractivity contribution in [3.63, 3.8) is 0 Å². The third kappa shape index (κ3) is 5.59. The zero-order chi connectivity index (χ0) is 23.5. The summed E-state index contributed by atoms with van der Waals surface area (Å²) in [4.78, 5) is 9.09. The molecule has 3 aromatic rings. The molecule has 6 nitrogen and oxygen atoms in total. The predicted octanol–water partition coefficient (Wildman–Crippen LogP) is 5.01. The predicted molar refractivity (Wildman–Crippen MR) is 115 cm³/mol. The van der Waals surface area contributed by atoms with Crippen molar-refractivity contribution in [1.82, 2.24) is 14.7 Å². The fraction of sp³-hybridized carbons (Fsp3) is 0.238. The van der Waals surface area contributed by atoms with E-state index in [0.29, 0.717) is 21.2 Å². The van der Waals surface area contributed by atoms with Crippen LogP contribution in [0, 0.1) is 0 Å². The van der Waals surface area contributed by atoms with Crippen LogP contribution in [0.2, 0.25) is 0 Å². The second-order valence-corrected chi connectivity index (χ2v) is 9.72. The summed E-state index contributed by atoms with van der Waals surface area (Å²) in [6, 6.07) is 8.97. The number of nitrogens with zero attached hydrogens (tertiary/aromatic N) is 2. The van der Waals surface area contributed by atoms with Gasteiger partial charge in [0.15, 0.2) is 0 Å². The van der Waals surface area contributed by atoms with E-state index in [9.17, 15) is 21.6 Å². The summed E-state index contributed by atoms with van der Waals surface area (Å²) in [6.07, 6.45) is -1.51. The number of sulfonamides is 1. The summed E-state index contributed by atoms with van der Waals surface area (Å²) in [5, 5.41) is 0.414. The van der Waals surface area contributed by atoms with E-state index in [2.05, 4.69) is 14.7 Å². The molecule has 0 amide bonds. The quantitative estimate of drug-likeness (QED) is 0.509. The van der Waals surface area contributed by atoms with E-state index in [0.717, 1.165) is 23.9 Å². The highest BCUT2D eigenvalue weighted by Crippen LogP contribution is 2.37. The molecule has 0 radical (unpaired) electrons. The van der Waals surface area contributed by atoms with Gasteiger partial charge in [0.2, 0.25) is 10.0 Å². The van der Waals surface area contributed by atoms with Gasteiger partial charge in [-0.3, -0.25) is 4.98 Å². The number of benzene rings is 2. The number of halogens is 3. The first-order valence-electron chi connectivity index (χ1n) is 9.38. The van der Waals surface area contributed by atoms with Gasteiger partial charge >= 0.3 is 6.18 Å². The first-order chi connectivity index (χ1) is 15.0. The first-order valence-corrected chi connectivity index (χ1v) is 11.7. The number of aromatic nitrogens is 2. The fourth-order valence-electron chi connectivity index (χ4n) is 2.83. The summed E-state index contributed by atoms with van der Waals surface area (Å²) in [6.45, 7) is 3.41. The van der Waals surface area contributed by atoms with Crippen LogP contribution in [0.25, 0.3) is 11.3 Å². The van der Waals surface area contributed by atoms with Gasteiger partial charge in [-0.15, -0.1) is 0 Å². The lowest BCUT2D eigenvalue weighted by Gasteiger charge is -2.15. The number of alkyl halides is 3. The van der Waals surface area contributed by atoms with Gasteiger partial charge in [0.25, 0.3) is 0 Å². The maximum Gasteiger partial charge on any atom is 0.416 e. The number of rotatable bonds is 7. The smallest absolute Gasteiger partial charge is 0.416 e. The van der Waals surface area contributed by atoms with E-state index >= 15 is 0 Å². The molecule has 1 aromatic heterocycles. The van der Waals surface area contributed by atoms with Crippen LogP contribution in [0.1, 0.15) is 19.4 Å². The monoisotopic (exact) mass is 483 g/mol. The molecule has 32 heavy (non-hydrogen) atoms. The van der Waals surface area contributed by atoms with Gasteiger partial charge in [0, 0.05) is 28.9 Å². The van der Waals surface area contributed by atoms with E-state index in [1.807, 2.05) is 0 Å². The van der Waals surface area contributed by atoms with Crippen LogP contribution in [0.5, 0.6) is 5.75 Å². The minimum atomic E-state index is -4.42. The average Bonchev–Trinajstić information content (AvgIpc) is 2.72. The zero-order valence-corrected chi connectivity index (χ0v) is 19.0. The SMILES string of the molecule is COc1ccc(-c2nccnc2Sc2ccc(C(F)(F)F)cc2)cc1S(=O)(=O)NC(C)C. The van der Waals surface area contributed by atoms with Gasteiger partial charge in [-0.25, -0.2) is 18.1 Å².